The van der Waals surface area contributed by atoms with Crippen molar-refractivity contribution in [2.45, 2.75) is 25.6 Å². The fourth-order valence-electron chi connectivity index (χ4n) is 1.39. The third-order valence-electron chi connectivity index (χ3n) is 2.39. The number of hydrogen-bond acceptors (Lipinski definition) is 6. The van der Waals surface area contributed by atoms with Crippen LogP contribution in [0.4, 0.5) is 0 Å². The molecular weight excluding hydrogens is 254 g/mol. The number of aliphatic hydroxyl groups is 2. The summed E-state index contributed by atoms with van der Waals surface area (Å²) in [7, 11) is 1.51. The van der Waals surface area contributed by atoms with Crippen molar-refractivity contribution in [3.63, 3.8) is 0 Å². The van der Waals surface area contributed by atoms with Crippen LogP contribution in [0.3, 0.4) is 0 Å². The Bertz CT molecular complexity index is 382. The first-order chi connectivity index (χ1) is 8.54. The number of ether oxygens (including phenoxy) is 1. The Morgan fingerprint density at radius 1 is 1.50 bits per heavy atom. The number of carbonyl (C=O) groups excluding carboxylic acids is 1. The van der Waals surface area contributed by atoms with Crippen LogP contribution < -0.4 is 4.74 Å². The Morgan fingerprint density at radius 2 is 2.22 bits per heavy atom. The standard InChI is InChI=1S/C12H17NO4S/c1-8(14)18-6-5-10(15)12(16)9-3-4-11(17-2)13-7-9/h3-4,7,10,12,15-16H,5-6H2,1-2H3. The van der Waals surface area contributed by atoms with Crippen LogP contribution in [0.5, 0.6) is 5.88 Å². The van der Waals surface area contributed by atoms with Gasteiger partial charge < -0.3 is 14.9 Å². The summed E-state index contributed by atoms with van der Waals surface area (Å²) >= 11 is 1.13. The molecule has 1 aromatic rings. The lowest BCUT2D eigenvalue weighted by Crippen LogP contribution is -2.19. The molecule has 0 saturated carbocycles. The zero-order chi connectivity index (χ0) is 13.5. The van der Waals surface area contributed by atoms with E-state index in [2.05, 4.69) is 4.98 Å². The number of pyridine rings is 1. The minimum atomic E-state index is -1.00. The molecule has 0 amide bonds. The Balaban J connectivity index is 2.51. The van der Waals surface area contributed by atoms with Gasteiger partial charge in [0.15, 0.2) is 5.12 Å². The maximum Gasteiger partial charge on any atom is 0.212 e. The molecule has 0 spiro atoms. The molecule has 0 saturated heterocycles. The predicted octanol–water partition coefficient (Wildman–Crippen LogP) is 1.15. The molecule has 1 rings (SSSR count). The van der Waals surface area contributed by atoms with Crippen molar-refractivity contribution >= 4 is 16.9 Å². The van der Waals surface area contributed by atoms with Gasteiger partial charge in [-0.3, -0.25) is 4.79 Å². The maximum absolute atomic E-state index is 10.7. The van der Waals surface area contributed by atoms with Crippen molar-refractivity contribution in [1.82, 2.24) is 4.98 Å². The van der Waals surface area contributed by atoms with Crippen molar-refractivity contribution in [2.75, 3.05) is 12.9 Å². The van der Waals surface area contributed by atoms with Gasteiger partial charge in [-0.2, -0.15) is 0 Å². The minimum absolute atomic E-state index is 0.00260. The first kappa shape index (κ1) is 14.9. The highest BCUT2D eigenvalue weighted by Gasteiger charge is 2.18. The van der Waals surface area contributed by atoms with Gasteiger partial charge in [0.2, 0.25) is 5.88 Å². The molecule has 0 aliphatic rings. The third kappa shape index (κ3) is 4.64. The molecule has 0 bridgehead atoms. The molecule has 2 unspecified atom stereocenters. The number of thioether (sulfide) groups is 1. The van der Waals surface area contributed by atoms with Crippen molar-refractivity contribution in [3.8, 4) is 5.88 Å². The lowest BCUT2D eigenvalue weighted by Gasteiger charge is -2.17. The fraction of sp³-hybridized carbons (Fsp3) is 0.500. The molecule has 0 aromatic carbocycles. The Hall–Kier alpha value is -1.11. The smallest absolute Gasteiger partial charge is 0.212 e. The van der Waals surface area contributed by atoms with Crippen LogP contribution in [0.15, 0.2) is 18.3 Å². The Labute approximate surface area is 110 Å². The lowest BCUT2D eigenvalue weighted by molar-refractivity contribution is -0.109. The van der Waals surface area contributed by atoms with E-state index >= 15 is 0 Å². The normalized spacial score (nSPS) is 14.0. The molecule has 2 atom stereocenters. The van der Waals surface area contributed by atoms with Crippen molar-refractivity contribution < 1.29 is 19.7 Å². The topological polar surface area (TPSA) is 79.6 Å². The van der Waals surface area contributed by atoms with Crippen LogP contribution in [-0.4, -0.2) is 39.3 Å². The molecule has 100 valence electrons. The Morgan fingerprint density at radius 3 is 2.72 bits per heavy atom. The Kier molecular flexibility index (Phi) is 6.11. The maximum atomic E-state index is 10.7. The number of aliphatic hydroxyl groups excluding tert-OH is 2. The van der Waals surface area contributed by atoms with Crippen LogP contribution in [-0.2, 0) is 4.79 Å². The summed E-state index contributed by atoms with van der Waals surface area (Å²) in [6.07, 6.45) is -0.106. The van der Waals surface area contributed by atoms with E-state index < -0.39 is 12.2 Å². The average molecular weight is 271 g/mol. The number of carbonyl (C=O) groups is 1. The van der Waals surface area contributed by atoms with E-state index in [4.69, 9.17) is 4.74 Å². The first-order valence-electron chi connectivity index (χ1n) is 5.54. The van der Waals surface area contributed by atoms with E-state index in [1.165, 1.54) is 20.2 Å². The van der Waals surface area contributed by atoms with Crippen molar-refractivity contribution in [2.24, 2.45) is 0 Å². The van der Waals surface area contributed by atoms with Crippen LogP contribution in [0.2, 0.25) is 0 Å². The summed E-state index contributed by atoms with van der Waals surface area (Å²) in [5.74, 6) is 0.935. The van der Waals surface area contributed by atoms with Crippen LogP contribution in [0, 0.1) is 0 Å². The van der Waals surface area contributed by atoms with Gasteiger partial charge in [-0.1, -0.05) is 11.8 Å². The second-order valence-corrected chi connectivity index (χ2v) is 5.05. The predicted molar refractivity (Wildman–Crippen MR) is 69.5 cm³/mol. The zero-order valence-corrected chi connectivity index (χ0v) is 11.2. The van der Waals surface area contributed by atoms with E-state index in [-0.39, 0.29) is 5.12 Å². The number of rotatable bonds is 6. The molecule has 0 aliphatic heterocycles. The number of nitrogens with zero attached hydrogens (tertiary/aromatic N) is 1. The molecule has 1 heterocycles. The molecule has 18 heavy (non-hydrogen) atoms. The molecule has 6 heteroatoms. The van der Waals surface area contributed by atoms with Gasteiger partial charge in [0.1, 0.15) is 6.10 Å². The van der Waals surface area contributed by atoms with Gasteiger partial charge in [0.25, 0.3) is 0 Å². The molecule has 0 fully saturated rings. The highest BCUT2D eigenvalue weighted by atomic mass is 32.2. The third-order valence-corrected chi connectivity index (χ3v) is 3.24. The molecule has 0 aliphatic carbocycles. The number of aromatic nitrogens is 1. The molecule has 5 nitrogen and oxygen atoms in total. The van der Waals surface area contributed by atoms with E-state index in [9.17, 15) is 15.0 Å². The van der Waals surface area contributed by atoms with Gasteiger partial charge in [-0.25, -0.2) is 4.98 Å². The highest BCUT2D eigenvalue weighted by Crippen LogP contribution is 2.21. The number of methoxy groups -OCH3 is 1. The van der Waals surface area contributed by atoms with Gasteiger partial charge in [-0.05, 0) is 12.5 Å². The van der Waals surface area contributed by atoms with E-state index in [0.717, 1.165) is 11.8 Å². The van der Waals surface area contributed by atoms with Gasteiger partial charge in [0.05, 0.1) is 13.2 Å². The molecular formula is C12H17NO4S. The van der Waals surface area contributed by atoms with Gasteiger partial charge >= 0.3 is 0 Å². The average Bonchev–Trinajstić information content (AvgIpc) is 2.37. The van der Waals surface area contributed by atoms with Gasteiger partial charge in [-0.15, -0.1) is 0 Å². The SMILES string of the molecule is COc1ccc(C(O)C(O)CCSC(C)=O)cn1. The minimum Gasteiger partial charge on any atom is -0.481 e. The largest absolute Gasteiger partial charge is 0.481 e. The summed E-state index contributed by atoms with van der Waals surface area (Å²) in [5.41, 5.74) is 0.524. The van der Waals surface area contributed by atoms with Gasteiger partial charge in [0, 0.05) is 30.5 Å². The van der Waals surface area contributed by atoms with Crippen LogP contribution >= 0.6 is 11.8 Å². The van der Waals surface area contributed by atoms with Crippen molar-refractivity contribution in [3.05, 3.63) is 23.9 Å². The van der Waals surface area contributed by atoms with E-state index in [1.807, 2.05) is 0 Å². The summed E-state index contributed by atoms with van der Waals surface area (Å²) in [6, 6.07) is 3.27. The summed E-state index contributed by atoms with van der Waals surface area (Å²) in [4.78, 5) is 14.7. The van der Waals surface area contributed by atoms with Crippen LogP contribution in [0.1, 0.15) is 25.0 Å². The molecule has 1 aromatic heterocycles. The highest BCUT2D eigenvalue weighted by molar-refractivity contribution is 8.13. The zero-order valence-electron chi connectivity index (χ0n) is 10.4. The second kappa shape index (κ2) is 7.35. The quantitative estimate of drug-likeness (QED) is 0.808. The molecule has 0 radical (unpaired) electrons. The van der Waals surface area contributed by atoms with E-state index in [0.29, 0.717) is 23.6 Å². The van der Waals surface area contributed by atoms with Crippen LogP contribution in [0.25, 0.3) is 0 Å². The molecule has 2 N–H and O–H groups in total. The fourth-order valence-corrected chi connectivity index (χ4v) is 2.04. The summed E-state index contributed by atoms with van der Waals surface area (Å²) < 4.78 is 4.90. The van der Waals surface area contributed by atoms with Crippen molar-refractivity contribution in [1.29, 1.82) is 0 Å². The summed E-state index contributed by atoms with van der Waals surface area (Å²) in [5, 5.41) is 19.7. The summed E-state index contributed by atoms with van der Waals surface area (Å²) in [6.45, 7) is 1.47. The first-order valence-corrected chi connectivity index (χ1v) is 6.52. The van der Waals surface area contributed by atoms with E-state index in [1.54, 1.807) is 12.1 Å². The second-order valence-electron chi connectivity index (χ2n) is 3.77. The number of hydrogen-bond donors (Lipinski definition) is 2. The monoisotopic (exact) mass is 271 g/mol. The lowest BCUT2D eigenvalue weighted by atomic mass is 10.0.